The van der Waals surface area contributed by atoms with E-state index in [4.69, 9.17) is 9.47 Å². The lowest BCUT2D eigenvalue weighted by Crippen LogP contribution is -2.48. The zero-order chi connectivity index (χ0) is 27.1. The first-order valence-corrected chi connectivity index (χ1v) is 13.2. The zero-order valence-electron chi connectivity index (χ0n) is 21.6. The molecule has 11 heteroatoms. The maximum atomic E-state index is 11.6. The van der Waals surface area contributed by atoms with Crippen LogP contribution >= 0.6 is 11.8 Å². The zero-order valence-corrected chi connectivity index (χ0v) is 22.4. The largest absolute Gasteiger partial charge is 0.494 e. The van der Waals surface area contributed by atoms with Crippen molar-refractivity contribution in [2.75, 3.05) is 55.1 Å². The minimum atomic E-state index is -0.307. The van der Waals surface area contributed by atoms with Crippen molar-refractivity contribution in [2.24, 2.45) is 0 Å². The molecule has 0 aliphatic carbocycles. The number of aromatic nitrogens is 2. The number of rotatable bonds is 9. The molecule has 10 nitrogen and oxygen atoms in total. The summed E-state index contributed by atoms with van der Waals surface area (Å²) in [5.74, 6) is 1.67. The number of nitrogens with zero attached hydrogens (tertiary/aromatic N) is 4. The van der Waals surface area contributed by atoms with Crippen molar-refractivity contribution < 1.29 is 19.1 Å². The number of amides is 2. The Labute approximate surface area is 226 Å². The van der Waals surface area contributed by atoms with Crippen LogP contribution in [0.3, 0.4) is 0 Å². The van der Waals surface area contributed by atoms with Crippen molar-refractivity contribution in [3.05, 3.63) is 61.3 Å². The van der Waals surface area contributed by atoms with Gasteiger partial charge in [-0.3, -0.25) is 9.59 Å². The van der Waals surface area contributed by atoms with Gasteiger partial charge in [0.1, 0.15) is 11.5 Å². The Kier molecular flexibility index (Phi) is 8.70. The second-order valence-corrected chi connectivity index (χ2v) is 9.24. The summed E-state index contributed by atoms with van der Waals surface area (Å²) >= 11 is 1.46. The van der Waals surface area contributed by atoms with Crippen LogP contribution in [0, 0.1) is 0 Å². The molecule has 1 aliphatic rings. The highest BCUT2D eigenvalue weighted by molar-refractivity contribution is 7.98. The second kappa shape index (κ2) is 12.3. The van der Waals surface area contributed by atoms with E-state index in [1.807, 2.05) is 29.4 Å². The van der Waals surface area contributed by atoms with Gasteiger partial charge in [-0.05, 0) is 36.6 Å². The molecule has 38 heavy (non-hydrogen) atoms. The Hall–Kier alpha value is -4.25. The molecule has 4 rings (SSSR count). The molecule has 1 aromatic heterocycles. The van der Waals surface area contributed by atoms with Gasteiger partial charge in [0.25, 0.3) is 0 Å². The van der Waals surface area contributed by atoms with Gasteiger partial charge in [0.05, 0.1) is 17.7 Å². The molecule has 1 aliphatic heterocycles. The SMILES string of the molecule is C=CC(=O)Nc1cccc(Oc2nc(Nc3ccc(N4CCN(C(C)=O)CC4)cc3OC)ncc2SC)c1. The molecular formula is C27H30N6O4S. The Bertz CT molecular complexity index is 1330. The quantitative estimate of drug-likeness (QED) is 0.302. The van der Waals surface area contributed by atoms with Gasteiger partial charge < -0.3 is 29.9 Å². The third kappa shape index (κ3) is 6.54. The van der Waals surface area contributed by atoms with Crippen molar-refractivity contribution in [3.63, 3.8) is 0 Å². The van der Waals surface area contributed by atoms with Gasteiger partial charge >= 0.3 is 0 Å². The van der Waals surface area contributed by atoms with Crippen LogP contribution in [-0.2, 0) is 9.59 Å². The molecule has 0 unspecified atom stereocenters. The van der Waals surface area contributed by atoms with Crippen LogP contribution in [0.1, 0.15) is 6.92 Å². The Morgan fingerprint density at radius 2 is 1.92 bits per heavy atom. The number of carbonyl (C=O) groups excluding carboxylic acids is 2. The molecule has 2 heterocycles. The van der Waals surface area contributed by atoms with Crippen LogP contribution in [0.15, 0.2) is 66.2 Å². The standard InChI is InChI=1S/C27H30N6O4S/c1-5-25(35)29-19-7-6-8-21(15-19)37-26-24(38-4)17-28-27(31-26)30-22-10-9-20(16-23(22)36-3)33-13-11-32(12-14-33)18(2)34/h5-10,15-17H,1,11-14H2,2-4H3,(H,29,35)(H,28,30,31). The maximum Gasteiger partial charge on any atom is 0.247 e. The Morgan fingerprint density at radius 1 is 1.13 bits per heavy atom. The summed E-state index contributed by atoms with van der Waals surface area (Å²) < 4.78 is 11.7. The monoisotopic (exact) mass is 534 g/mol. The summed E-state index contributed by atoms with van der Waals surface area (Å²) in [6.07, 6.45) is 4.81. The minimum Gasteiger partial charge on any atom is -0.494 e. The van der Waals surface area contributed by atoms with E-state index in [0.29, 0.717) is 47.8 Å². The number of ether oxygens (including phenoxy) is 2. The van der Waals surface area contributed by atoms with Gasteiger partial charge in [0.2, 0.25) is 23.6 Å². The third-order valence-electron chi connectivity index (χ3n) is 5.97. The molecule has 0 bridgehead atoms. The predicted molar refractivity (Wildman–Crippen MR) is 150 cm³/mol. The summed E-state index contributed by atoms with van der Waals surface area (Å²) in [5.41, 5.74) is 2.30. The van der Waals surface area contributed by atoms with Crippen molar-refractivity contribution >= 4 is 46.6 Å². The lowest BCUT2D eigenvalue weighted by Gasteiger charge is -2.35. The molecule has 2 N–H and O–H groups in total. The van der Waals surface area contributed by atoms with Crippen molar-refractivity contribution in [2.45, 2.75) is 11.8 Å². The van der Waals surface area contributed by atoms with Crippen LogP contribution < -0.4 is 25.0 Å². The molecule has 3 aromatic rings. The molecule has 0 spiro atoms. The van der Waals surface area contributed by atoms with Crippen LogP contribution in [0.5, 0.6) is 17.4 Å². The van der Waals surface area contributed by atoms with Gasteiger partial charge in [0, 0.05) is 62.8 Å². The second-order valence-electron chi connectivity index (χ2n) is 8.39. The fourth-order valence-electron chi connectivity index (χ4n) is 3.95. The fourth-order valence-corrected chi connectivity index (χ4v) is 4.37. The van der Waals surface area contributed by atoms with E-state index in [-0.39, 0.29) is 11.8 Å². The van der Waals surface area contributed by atoms with E-state index in [1.54, 1.807) is 44.5 Å². The highest BCUT2D eigenvalue weighted by Gasteiger charge is 2.20. The van der Waals surface area contributed by atoms with Crippen LogP contribution in [0.4, 0.5) is 23.0 Å². The number of hydrogen-bond acceptors (Lipinski definition) is 9. The summed E-state index contributed by atoms with van der Waals surface area (Å²) in [6, 6.07) is 12.9. The summed E-state index contributed by atoms with van der Waals surface area (Å²) in [4.78, 5) is 37.1. The van der Waals surface area contributed by atoms with Crippen molar-refractivity contribution in [1.29, 1.82) is 0 Å². The molecule has 2 aromatic carbocycles. The van der Waals surface area contributed by atoms with Gasteiger partial charge in [-0.15, -0.1) is 11.8 Å². The fraction of sp³-hybridized carbons (Fsp3) is 0.259. The van der Waals surface area contributed by atoms with Crippen molar-refractivity contribution in [1.82, 2.24) is 14.9 Å². The molecule has 0 radical (unpaired) electrons. The highest BCUT2D eigenvalue weighted by Crippen LogP contribution is 2.34. The smallest absolute Gasteiger partial charge is 0.247 e. The molecule has 0 atom stereocenters. The topological polar surface area (TPSA) is 109 Å². The first-order chi connectivity index (χ1) is 18.4. The Balaban J connectivity index is 1.51. The van der Waals surface area contributed by atoms with Crippen LogP contribution in [-0.4, -0.2) is 66.2 Å². The van der Waals surface area contributed by atoms with E-state index in [2.05, 4.69) is 32.1 Å². The first kappa shape index (κ1) is 26.8. The highest BCUT2D eigenvalue weighted by atomic mass is 32.2. The first-order valence-electron chi connectivity index (χ1n) is 12.0. The van der Waals surface area contributed by atoms with Gasteiger partial charge in [-0.2, -0.15) is 4.98 Å². The van der Waals surface area contributed by atoms with Crippen molar-refractivity contribution in [3.8, 4) is 17.4 Å². The average molecular weight is 535 g/mol. The van der Waals surface area contributed by atoms with E-state index < -0.39 is 0 Å². The number of nitrogens with one attached hydrogen (secondary N) is 2. The average Bonchev–Trinajstić information content (AvgIpc) is 2.93. The Morgan fingerprint density at radius 3 is 2.61 bits per heavy atom. The number of carbonyl (C=O) groups is 2. The van der Waals surface area contributed by atoms with Gasteiger partial charge in [-0.1, -0.05) is 12.6 Å². The van der Waals surface area contributed by atoms with E-state index >= 15 is 0 Å². The number of piperazine rings is 1. The normalized spacial score (nSPS) is 13.0. The maximum absolute atomic E-state index is 11.6. The molecule has 1 fully saturated rings. The predicted octanol–water partition coefficient (Wildman–Crippen LogP) is 4.54. The van der Waals surface area contributed by atoms with E-state index in [0.717, 1.165) is 23.7 Å². The van der Waals surface area contributed by atoms with E-state index in [1.165, 1.54) is 17.8 Å². The summed E-state index contributed by atoms with van der Waals surface area (Å²) in [7, 11) is 1.61. The lowest BCUT2D eigenvalue weighted by molar-refractivity contribution is -0.129. The molecule has 1 saturated heterocycles. The van der Waals surface area contributed by atoms with Gasteiger partial charge in [-0.25, -0.2) is 4.98 Å². The van der Waals surface area contributed by atoms with Crippen LogP contribution in [0.2, 0.25) is 0 Å². The molecule has 2 amide bonds. The lowest BCUT2D eigenvalue weighted by atomic mass is 10.2. The minimum absolute atomic E-state index is 0.102. The number of thioether (sulfide) groups is 1. The van der Waals surface area contributed by atoms with Gasteiger partial charge in [0.15, 0.2) is 0 Å². The number of hydrogen-bond donors (Lipinski definition) is 2. The van der Waals surface area contributed by atoms with Crippen LogP contribution in [0.25, 0.3) is 0 Å². The number of anilines is 4. The molecular weight excluding hydrogens is 504 g/mol. The van der Waals surface area contributed by atoms with E-state index in [9.17, 15) is 9.59 Å². The summed E-state index contributed by atoms with van der Waals surface area (Å²) in [5, 5.41) is 5.94. The number of methoxy groups -OCH3 is 1. The number of benzene rings is 2. The third-order valence-corrected chi connectivity index (χ3v) is 6.69. The molecule has 198 valence electrons. The summed E-state index contributed by atoms with van der Waals surface area (Å²) in [6.45, 7) is 7.97. The molecule has 0 saturated carbocycles.